The average Bonchev–Trinajstić information content (AvgIpc) is 2.47. The highest BCUT2D eigenvalue weighted by atomic mass is 16.3. The van der Waals surface area contributed by atoms with Crippen molar-refractivity contribution in [3.63, 3.8) is 0 Å². The fourth-order valence-electron chi connectivity index (χ4n) is 3.31. The van der Waals surface area contributed by atoms with Crippen LogP contribution in [-0.4, -0.2) is 42.2 Å². The van der Waals surface area contributed by atoms with Crippen molar-refractivity contribution in [3.8, 4) is 5.75 Å². The van der Waals surface area contributed by atoms with Crippen molar-refractivity contribution < 1.29 is 5.11 Å². The maximum absolute atomic E-state index is 9.36. The maximum Gasteiger partial charge on any atom is 0.115 e. The van der Waals surface area contributed by atoms with E-state index < -0.39 is 0 Å². The Morgan fingerprint density at radius 1 is 1.30 bits per heavy atom. The van der Waals surface area contributed by atoms with Gasteiger partial charge in [-0.1, -0.05) is 18.6 Å². The first kappa shape index (κ1) is 15.3. The number of hydrogen-bond acceptors (Lipinski definition) is 3. The lowest BCUT2D eigenvalue weighted by molar-refractivity contribution is 0.0971. The zero-order valence-electron chi connectivity index (χ0n) is 12.8. The zero-order valence-corrected chi connectivity index (χ0v) is 12.8. The van der Waals surface area contributed by atoms with Crippen LogP contribution < -0.4 is 5.32 Å². The van der Waals surface area contributed by atoms with Crippen LogP contribution in [0, 0.1) is 0 Å². The van der Waals surface area contributed by atoms with Gasteiger partial charge in [0.15, 0.2) is 0 Å². The number of piperidine rings is 1. The number of nitrogens with one attached hydrogen (secondary N) is 1. The highest BCUT2D eigenvalue weighted by molar-refractivity contribution is 5.26. The number of hydrogen-bond donors (Lipinski definition) is 2. The summed E-state index contributed by atoms with van der Waals surface area (Å²) in [6, 6.07) is 8.95. The Bertz CT molecular complexity index is 390. The molecule has 2 unspecified atom stereocenters. The Morgan fingerprint density at radius 2 is 2.05 bits per heavy atom. The van der Waals surface area contributed by atoms with Crippen molar-refractivity contribution in [2.75, 3.05) is 20.1 Å². The summed E-state index contributed by atoms with van der Waals surface area (Å²) >= 11 is 0. The largest absolute Gasteiger partial charge is 0.508 e. The Morgan fingerprint density at radius 3 is 2.75 bits per heavy atom. The van der Waals surface area contributed by atoms with E-state index in [-0.39, 0.29) is 0 Å². The predicted molar refractivity (Wildman–Crippen MR) is 84.2 cm³/mol. The molecule has 1 aliphatic rings. The molecule has 1 aliphatic heterocycles. The van der Waals surface area contributed by atoms with Gasteiger partial charge in [0.2, 0.25) is 0 Å². The van der Waals surface area contributed by atoms with Gasteiger partial charge in [-0.25, -0.2) is 0 Å². The van der Waals surface area contributed by atoms with E-state index in [0.29, 0.717) is 11.8 Å². The van der Waals surface area contributed by atoms with E-state index in [1.165, 1.54) is 37.8 Å². The van der Waals surface area contributed by atoms with Crippen LogP contribution in [-0.2, 0) is 6.42 Å². The van der Waals surface area contributed by atoms with Crippen LogP contribution in [0.3, 0.4) is 0 Å². The van der Waals surface area contributed by atoms with Gasteiger partial charge in [-0.05, 0) is 70.4 Å². The molecule has 1 heterocycles. The first-order chi connectivity index (χ1) is 9.70. The number of aromatic hydroxyl groups is 1. The van der Waals surface area contributed by atoms with Crippen LogP contribution in [0.15, 0.2) is 24.3 Å². The van der Waals surface area contributed by atoms with Crippen molar-refractivity contribution in [3.05, 3.63) is 29.8 Å². The molecule has 20 heavy (non-hydrogen) atoms. The van der Waals surface area contributed by atoms with Crippen LogP contribution in [0.2, 0.25) is 0 Å². The van der Waals surface area contributed by atoms with Gasteiger partial charge >= 0.3 is 0 Å². The van der Waals surface area contributed by atoms with E-state index in [2.05, 4.69) is 17.1 Å². The topological polar surface area (TPSA) is 35.5 Å². The van der Waals surface area contributed by atoms with Crippen molar-refractivity contribution in [2.45, 2.75) is 51.1 Å². The summed E-state index contributed by atoms with van der Waals surface area (Å²) in [6.45, 7) is 4.67. The number of benzene rings is 1. The van der Waals surface area contributed by atoms with E-state index in [9.17, 15) is 5.11 Å². The Kier molecular flexibility index (Phi) is 5.86. The lowest BCUT2D eigenvalue weighted by Crippen LogP contribution is -2.46. The molecule has 2 rings (SSSR count). The standard InChI is InChI=1S/C17H28N2O/c1-14(13-15-6-8-17(20)9-7-15)19-12-4-3-5-16(19)10-11-18-2/h6-9,14,16,18,20H,3-5,10-13H2,1-2H3. The summed E-state index contributed by atoms with van der Waals surface area (Å²) in [5.74, 6) is 0.353. The molecule has 0 aliphatic carbocycles. The van der Waals surface area contributed by atoms with Gasteiger partial charge in [-0.15, -0.1) is 0 Å². The van der Waals surface area contributed by atoms with Crippen molar-refractivity contribution in [2.24, 2.45) is 0 Å². The second kappa shape index (κ2) is 7.65. The minimum atomic E-state index is 0.353. The van der Waals surface area contributed by atoms with Gasteiger partial charge in [0, 0.05) is 12.1 Å². The molecule has 2 atom stereocenters. The summed E-state index contributed by atoms with van der Waals surface area (Å²) in [4.78, 5) is 2.69. The minimum absolute atomic E-state index is 0.353. The Hall–Kier alpha value is -1.06. The first-order valence-corrected chi connectivity index (χ1v) is 7.89. The number of nitrogens with zero attached hydrogens (tertiary/aromatic N) is 1. The normalized spacial score (nSPS) is 21.8. The SMILES string of the molecule is CNCCC1CCCCN1C(C)Cc1ccc(O)cc1. The van der Waals surface area contributed by atoms with E-state index in [1.54, 1.807) is 12.1 Å². The van der Waals surface area contributed by atoms with Crippen LogP contribution >= 0.6 is 0 Å². The second-order valence-electron chi connectivity index (χ2n) is 6.00. The molecule has 0 radical (unpaired) electrons. The number of phenolic OH excluding ortho intramolecular Hbond substituents is 1. The number of rotatable bonds is 6. The number of likely N-dealkylation sites (tertiary alicyclic amines) is 1. The molecule has 1 aromatic rings. The van der Waals surface area contributed by atoms with Gasteiger partial charge in [-0.3, -0.25) is 4.90 Å². The summed E-state index contributed by atoms with van der Waals surface area (Å²) in [6.07, 6.45) is 6.35. The third-order valence-corrected chi connectivity index (χ3v) is 4.43. The molecular weight excluding hydrogens is 248 g/mol. The summed E-state index contributed by atoms with van der Waals surface area (Å²) in [5.41, 5.74) is 1.31. The predicted octanol–water partition coefficient (Wildman–Crippen LogP) is 2.79. The number of phenols is 1. The van der Waals surface area contributed by atoms with Crippen molar-refractivity contribution in [1.82, 2.24) is 10.2 Å². The molecule has 1 fully saturated rings. The quantitative estimate of drug-likeness (QED) is 0.838. The fourth-order valence-corrected chi connectivity index (χ4v) is 3.31. The van der Waals surface area contributed by atoms with Gasteiger partial charge < -0.3 is 10.4 Å². The highest BCUT2D eigenvalue weighted by Gasteiger charge is 2.25. The molecule has 0 spiro atoms. The lowest BCUT2D eigenvalue weighted by Gasteiger charge is -2.40. The molecule has 3 heteroatoms. The van der Waals surface area contributed by atoms with Gasteiger partial charge in [0.05, 0.1) is 0 Å². The summed E-state index contributed by atoms with van der Waals surface area (Å²) in [7, 11) is 2.03. The summed E-state index contributed by atoms with van der Waals surface area (Å²) in [5, 5.41) is 12.6. The lowest BCUT2D eigenvalue weighted by atomic mass is 9.95. The Labute approximate surface area is 123 Å². The van der Waals surface area contributed by atoms with E-state index in [4.69, 9.17) is 0 Å². The van der Waals surface area contributed by atoms with Crippen LogP contribution in [0.25, 0.3) is 0 Å². The molecule has 0 amide bonds. The third-order valence-electron chi connectivity index (χ3n) is 4.43. The molecule has 1 saturated heterocycles. The second-order valence-corrected chi connectivity index (χ2v) is 6.00. The van der Waals surface area contributed by atoms with Crippen LogP contribution in [0.5, 0.6) is 5.75 Å². The highest BCUT2D eigenvalue weighted by Crippen LogP contribution is 2.23. The van der Waals surface area contributed by atoms with Crippen molar-refractivity contribution in [1.29, 1.82) is 0 Å². The summed E-state index contributed by atoms with van der Waals surface area (Å²) < 4.78 is 0. The molecule has 112 valence electrons. The average molecular weight is 276 g/mol. The fraction of sp³-hybridized carbons (Fsp3) is 0.647. The molecule has 3 nitrogen and oxygen atoms in total. The first-order valence-electron chi connectivity index (χ1n) is 7.89. The minimum Gasteiger partial charge on any atom is -0.508 e. The van der Waals surface area contributed by atoms with Gasteiger partial charge in [-0.2, -0.15) is 0 Å². The van der Waals surface area contributed by atoms with Crippen LogP contribution in [0.1, 0.15) is 38.2 Å². The molecule has 0 bridgehead atoms. The van der Waals surface area contributed by atoms with E-state index in [0.717, 1.165) is 19.0 Å². The van der Waals surface area contributed by atoms with Crippen LogP contribution in [0.4, 0.5) is 0 Å². The van der Waals surface area contributed by atoms with E-state index >= 15 is 0 Å². The van der Waals surface area contributed by atoms with Crippen molar-refractivity contribution >= 4 is 0 Å². The molecule has 2 N–H and O–H groups in total. The third kappa shape index (κ3) is 4.22. The zero-order chi connectivity index (χ0) is 14.4. The monoisotopic (exact) mass is 276 g/mol. The van der Waals surface area contributed by atoms with Gasteiger partial charge in [0.25, 0.3) is 0 Å². The van der Waals surface area contributed by atoms with E-state index in [1.807, 2.05) is 19.2 Å². The Balaban J connectivity index is 1.94. The molecular formula is C17H28N2O. The van der Waals surface area contributed by atoms with Gasteiger partial charge in [0.1, 0.15) is 5.75 Å². The molecule has 1 aromatic carbocycles. The molecule has 0 aromatic heterocycles. The maximum atomic E-state index is 9.36. The molecule has 0 saturated carbocycles. The smallest absolute Gasteiger partial charge is 0.115 e.